The number of carbonyl (C=O) groups excluding carboxylic acids is 2. The molecule has 1 heterocycles. The third-order valence-corrected chi connectivity index (χ3v) is 4.81. The molecule has 0 aromatic heterocycles. The Labute approximate surface area is 113 Å². The number of sulfone groups is 1. The molecule has 1 saturated heterocycles. The molecule has 8 heteroatoms. The highest BCUT2D eigenvalue weighted by atomic mass is 32.2. The van der Waals surface area contributed by atoms with Crippen LogP contribution in [0, 0.1) is 5.92 Å². The highest BCUT2D eigenvalue weighted by Crippen LogP contribution is 2.10. The second kappa shape index (κ2) is 6.33. The van der Waals surface area contributed by atoms with Crippen LogP contribution in [-0.4, -0.2) is 50.4 Å². The summed E-state index contributed by atoms with van der Waals surface area (Å²) in [5, 5.41) is 5.02. The van der Waals surface area contributed by atoms with E-state index in [1.807, 2.05) is 13.8 Å². The van der Waals surface area contributed by atoms with Crippen molar-refractivity contribution in [3.63, 3.8) is 0 Å². The summed E-state index contributed by atoms with van der Waals surface area (Å²) in [5.41, 5.74) is 5.62. The second-order valence-electron chi connectivity index (χ2n) is 5.16. The highest BCUT2D eigenvalue weighted by molar-refractivity contribution is 7.91. The molecule has 1 unspecified atom stereocenters. The first kappa shape index (κ1) is 15.9. The van der Waals surface area contributed by atoms with Crippen molar-refractivity contribution >= 4 is 21.7 Å². The minimum Gasteiger partial charge on any atom is -0.351 e. The molecule has 2 amide bonds. The van der Waals surface area contributed by atoms with Crippen molar-refractivity contribution in [1.29, 1.82) is 0 Å². The van der Waals surface area contributed by atoms with Crippen molar-refractivity contribution in [3.05, 3.63) is 0 Å². The van der Waals surface area contributed by atoms with Crippen molar-refractivity contribution in [2.45, 2.75) is 32.4 Å². The lowest BCUT2D eigenvalue weighted by Gasteiger charge is -2.16. The second-order valence-corrected chi connectivity index (χ2v) is 7.38. The van der Waals surface area contributed by atoms with Gasteiger partial charge in [0.2, 0.25) is 11.8 Å². The molecule has 1 aliphatic rings. The van der Waals surface area contributed by atoms with Gasteiger partial charge in [-0.1, -0.05) is 13.8 Å². The van der Waals surface area contributed by atoms with Gasteiger partial charge in [0, 0.05) is 6.04 Å². The molecule has 1 aliphatic heterocycles. The van der Waals surface area contributed by atoms with Crippen LogP contribution in [0.1, 0.15) is 20.3 Å². The third kappa shape index (κ3) is 5.15. The van der Waals surface area contributed by atoms with E-state index in [2.05, 4.69) is 10.6 Å². The number of hydrogen-bond acceptors (Lipinski definition) is 5. The Hall–Kier alpha value is -1.15. The van der Waals surface area contributed by atoms with Crippen LogP contribution in [0.2, 0.25) is 0 Å². The largest absolute Gasteiger partial charge is 0.351 e. The minimum atomic E-state index is -3.02. The van der Waals surface area contributed by atoms with E-state index in [9.17, 15) is 18.0 Å². The van der Waals surface area contributed by atoms with Crippen LogP contribution in [0.5, 0.6) is 0 Å². The van der Waals surface area contributed by atoms with E-state index in [1.165, 1.54) is 0 Å². The predicted octanol–water partition coefficient (Wildman–Crippen LogP) is -1.61. The molecule has 19 heavy (non-hydrogen) atoms. The maximum Gasteiger partial charge on any atom is 0.239 e. The first-order valence-electron chi connectivity index (χ1n) is 6.24. The number of rotatable bonds is 5. The monoisotopic (exact) mass is 291 g/mol. The van der Waals surface area contributed by atoms with E-state index >= 15 is 0 Å². The van der Waals surface area contributed by atoms with Crippen LogP contribution >= 0.6 is 0 Å². The summed E-state index contributed by atoms with van der Waals surface area (Å²) in [6.07, 6.45) is 0.424. The zero-order valence-corrected chi connectivity index (χ0v) is 12.0. The summed E-state index contributed by atoms with van der Waals surface area (Å²) in [5.74, 6) is -0.723. The molecule has 110 valence electrons. The van der Waals surface area contributed by atoms with Crippen LogP contribution in [0.4, 0.5) is 0 Å². The van der Waals surface area contributed by atoms with Gasteiger partial charge in [-0.3, -0.25) is 9.59 Å². The standard InChI is InChI=1S/C11H21N3O4S/c1-7(2)10(12)11(16)13-5-9(15)14-8-3-4-19(17,18)6-8/h7-8,10H,3-6,12H2,1-2H3,(H,13,16)(H,14,15)/t8?,10-/m0/s1. The fraction of sp³-hybridized carbons (Fsp3) is 0.818. The van der Waals surface area contributed by atoms with E-state index in [0.29, 0.717) is 6.42 Å². The van der Waals surface area contributed by atoms with Crippen molar-refractivity contribution in [2.75, 3.05) is 18.1 Å². The first-order chi connectivity index (χ1) is 8.71. The molecule has 0 radical (unpaired) electrons. The Morgan fingerprint density at radius 2 is 2.00 bits per heavy atom. The average Bonchev–Trinajstić information content (AvgIpc) is 2.64. The summed E-state index contributed by atoms with van der Waals surface area (Å²) in [6.45, 7) is 3.44. The number of hydrogen-bond donors (Lipinski definition) is 3. The topological polar surface area (TPSA) is 118 Å². The van der Waals surface area contributed by atoms with Gasteiger partial charge in [-0.25, -0.2) is 8.42 Å². The Balaban J connectivity index is 2.31. The minimum absolute atomic E-state index is 0.0111. The molecule has 0 aromatic carbocycles. The molecular formula is C11H21N3O4S. The van der Waals surface area contributed by atoms with E-state index in [0.717, 1.165) is 0 Å². The number of nitrogens with two attached hydrogens (primary N) is 1. The summed E-state index contributed by atoms with van der Waals surface area (Å²) in [4.78, 5) is 23.1. The van der Waals surface area contributed by atoms with Crippen LogP contribution in [0.25, 0.3) is 0 Å². The molecule has 0 spiro atoms. The Morgan fingerprint density at radius 3 is 2.47 bits per heavy atom. The fourth-order valence-electron chi connectivity index (χ4n) is 1.78. The molecule has 2 atom stereocenters. The van der Waals surface area contributed by atoms with Crippen molar-refractivity contribution in [2.24, 2.45) is 11.7 Å². The third-order valence-electron chi connectivity index (χ3n) is 3.04. The predicted molar refractivity (Wildman–Crippen MR) is 71.0 cm³/mol. The maximum atomic E-state index is 11.5. The van der Waals surface area contributed by atoms with Gasteiger partial charge in [-0.15, -0.1) is 0 Å². The lowest BCUT2D eigenvalue weighted by atomic mass is 10.1. The van der Waals surface area contributed by atoms with Gasteiger partial charge in [0.15, 0.2) is 9.84 Å². The van der Waals surface area contributed by atoms with Crippen molar-refractivity contribution in [3.8, 4) is 0 Å². The SMILES string of the molecule is CC(C)[C@H](N)C(=O)NCC(=O)NC1CCS(=O)(=O)C1. The van der Waals surface area contributed by atoms with E-state index in [4.69, 9.17) is 5.73 Å². The van der Waals surface area contributed by atoms with Crippen LogP contribution in [0.3, 0.4) is 0 Å². The molecule has 0 aromatic rings. The number of nitrogens with one attached hydrogen (secondary N) is 2. The smallest absolute Gasteiger partial charge is 0.239 e. The molecule has 4 N–H and O–H groups in total. The summed E-state index contributed by atoms with van der Waals surface area (Å²) in [6, 6.07) is -1.01. The first-order valence-corrected chi connectivity index (χ1v) is 8.06. The van der Waals surface area contributed by atoms with E-state index in [1.54, 1.807) is 0 Å². The summed E-state index contributed by atoms with van der Waals surface area (Å²) >= 11 is 0. The number of carbonyl (C=O) groups is 2. The molecular weight excluding hydrogens is 270 g/mol. The van der Waals surface area contributed by atoms with Gasteiger partial charge in [0.25, 0.3) is 0 Å². The van der Waals surface area contributed by atoms with E-state index < -0.39 is 21.8 Å². The molecule has 0 bridgehead atoms. The Kier molecular flexibility index (Phi) is 5.30. The molecule has 0 saturated carbocycles. The van der Waals surface area contributed by atoms with Crippen LogP contribution < -0.4 is 16.4 Å². The lowest BCUT2D eigenvalue weighted by Crippen LogP contribution is -2.48. The Bertz CT molecular complexity index is 447. The Morgan fingerprint density at radius 1 is 1.37 bits per heavy atom. The van der Waals surface area contributed by atoms with Gasteiger partial charge in [0.05, 0.1) is 24.1 Å². The molecule has 7 nitrogen and oxygen atoms in total. The molecule has 1 fully saturated rings. The highest BCUT2D eigenvalue weighted by Gasteiger charge is 2.29. The van der Waals surface area contributed by atoms with Gasteiger partial charge in [-0.2, -0.15) is 0 Å². The zero-order chi connectivity index (χ0) is 14.6. The van der Waals surface area contributed by atoms with Gasteiger partial charge >= 0.3 is 0 Å². The maximum absolute atomic E-state index is 11.5. The summed E-state index contributed by atoms with van der Waals surface area (Å²) in [7, 11) is -3.02. The number of amides is 2. The van der Waals surface area contributed by atoms with Crippen molar-refractivity contribution in [1.82, 2.24) is 10.6 Å². The molecule has 0 aliphatic carbocycles. The lowest BCUT2D eigenvalue weighted by molar-refractivity contribution is -0.127. The molecule has 1 rings (SSSR count). The quantitative estimate of drug-likeness (QED) is 0.563. The van der Waals surface area contributed by atoms with Gasteiger partial charge < -0.3 is 16.4 Å². The van der Waals surface area contributed by atoms with E-state index in [-0.39, 0.29) is 35.9 Å². The average molecular weight is 291 g/mol. The van der Waals surface area contributed by atoms with Gasteiger partial charge in [-0.05, 0) is 12.3 Å². The zero-order valence-electron chi connectivity index (χ0n) is 11.2. The summed E-state index contributed by atoms with van der Waals surface area (Å²) < 4.78 is 22.4. The van der Waals surface area contributed by atoms with Gasteiger partial charge in [0.1, 0.15) is 0 Å². The van der Waals surface area contributed by atoms with Crippen LogP contribution in [-0.2, 0) is 19.4 Å². The normalized spacial score (nSPS) is 23.1. The van der Waals surface area contributed by atoms with Crippen molar-refractivity contribution < 1.29 is 18.0 Å². The fourth-order valence-corrected chi connectivity index (χ4v) is 3.45. The van der Waals surface area contributed by atoms with Crippen LogP contribution in [0.15, 0.2) is 0 Å².